The summed E-state index contributed by atoms with van der Waals surface area (Å²) in [5, 5.41) is 6.74. The Morgan fingerprint density at radius 3 is 2.64 bits per heavy atom. The molecule has 1 atom stereocenters. The van der Waals surface area contributed by atoms with Gasteiger partial charge in [-0.3, -0.25) is 0 Å². The van der Waals surface area contributed by atoms with Gasteiger partial charge in [-0.05, 0) is 50.5 Å². The minimum absolute atomic E-state index is 0.00833. The third-order valence-electron chi connectivity index (χ3n) is 7.14. The molecular weight excluding hydrogens is 431 g/mol. The standard InChI is InChI=1S/C23H32F3N7/c1-15-4-7-28-20-19(15)22(30-14-29-20)32-9-5-17(6-10-32)21-31-18(23(24,25)26)13-33(21)11-8-27-12-16-2-3-16/h13-17,27H,2-12H2,1H3,(H,28,29,30). The fraction of sp³-hybridized carbons (Fsp3) is 0.696. The molecule has 0 amide bonds. The van der Waals surface area contributed by atoms with Crippen LogP contribution in [0, 0.1) is 5.92 Å². The highest BCUT2D eigenvalue weighted by Crippen LogP contribution is 2.39. The number of fused-ring (bicyclic) bond motifs is 1. The van der Waals surface area contributed by atoms with Gasteiger partial charge in [-0.1, -0.05) is 6.92 Å². The molecule has 1 aliphatic carbocycles. The van der Waals surface area contributed by atoms with Crippen molar-refractivity contribution in [3.8, 4) is 0 Å². The van der Waals surface area contributed by atoms with E-state index in [9.17, 15) is 13.2 Å². The van der Waals surface area contributed by atoms with Crippen LogP contribution >= 0.6 is 0 Å². The highest BCUT2D eigenvalue weighted by molar-refractivity contribution is 5.62. The van der Waals surface area contributed by atoms with Gasteiger partial charge in [-0.2, -0.15) is 13.2 Å². The average molecular weight is 464 g/mol. The van der Waals surface area contributed by atoms with Gasteiger partial charge in [0.25, 0.3) is 0 Å². The van der Waals surface area contributed by atoms with E-state index in [0.29, 0.717) is 24.8 Å². The maximum Gasteiger partial charge on any atom is 0.434 e. The van der Waals surface area contributed by atoms with Crippen LogP contribution in [0.25, 0.3) is 0 Å². The number of halogens is 3. The molecule has 3 aliphatic rings. The summed E-state index contributed by atoms with van der Waals surface area (Å²) < 4.78 is 42.0. The molecule has 1 saturated carbocycles. The number of imidazole rings is 1. The number of aromatic nitrogens is 4. The van der Waals surface area contributed by atoms with Gasteiger partial charge in [0.05, 0.1) is 0 Å². The van der Waals surface area contributed by atoms with E-state index in [0.717, 1.165) is 68.6 Å². The predicted molar refractivity (Wildman–Crippen MR) is 121 cm³/mol. The van der Waals surface area contributed by atoms with E-state index in [-0.39, 0.29) is 5.92 Å². The maximum atomic E-state index is 13.4. The van der Waals surface area contributed by atoms with Crippen molar-refractivity contribution in [3.63, 3.8) is 0 Å². The van der Waals surface area contributed by atoms with Crippen molar-refractivity contribution in [2.24, 2.45) is 5.92 Å². The van der Waals surface area contributed by atoms with Gasteiger partial charge >= 0.3 is 6.18 Å². The Bertz CT molecular complexity index is 961. The van der Waals surface area contributed by atoms with Gasteiger partial charge in [0.2, 0.25) is 0 Å². The molecule has 2 aliphatic heterocycles. The van der Waals surface area contributed by atoms with E-state index in [1.54, 1.807) is 10.9 Å². The summed E-state index contributed by atoms with van der Waals surface area (Å²) in [6.45, 7) is 6.72. The largest absolute Gasteiger partial charge is 0.434 e. The van der Waals surface area contributed by atoms with Gasteiger partial charge < -0.3 is 20.1 Å². The van der Waals surface area contributed by atoms with Crippen LogP contribution in [-0.2, 0) is 12.7 Å². The van der Waals surface area contributed by atoms with Crippen molar-refractivity contribution >= 4 is 11.6 Å². The molecule has 0 bridgehead atoms. The third kappa shape index (κ3) is 4.95. The second-order valence-electron chi connectivity index (χ2n) is 9.66. The Morgan fingerprint density at radius 2 is 1.91 bits per heavy atom. The van der Waals surface area contributed by atoms with Gasteiger partial charge in [0, 0.05) is 50.4 Å². The quantitative estimate of drug-likeness (QED) is 0.605. The van der Waals surface area contributed by atoms with Crippen molar-refractivity contribution in [2.45, 2.75) is 63.6 Å². The summed E-state index contributed by atoms with van der Waals surface area (Å²) in [7, 11) is 0. The van der Waals surface area contributed by atoms with Crippen LogP contribution in [0.2, 0.25) is 0 Å². The molecule has 0 radical (unpaired) electrons. The second kappa shape index (κ2) is 9.12. The average Bonchev–Trinajstić information content (AvgIpc) is 3.52. The summed E-state index contributed by atoms with van der Waals surface area (Å²) in [6, 6.07) is 0. The van der Waals surface area contributed by atoms with E-state index < -0.39 is 11.9 Å². The lowest BCUT2D eigenvalue weighted by Crippen LogP contribution is -2.36. The Kier molecular flexibility index (Phi) is 6.20. The minimum Gasteiger partial charge on any atom is -0.370 e. The topological polar surface area (TPSA) is 70.9 Å². The molecule has 180 valence electrons. The third-order valence-corrected chi connectivity index (χ3v) is 7.14. The SMILES string of the molecule is CC1CCNc2ncnc(N3CCC(c4nc(C(F)(F)F)cn4CCNCC4CC4)CC3)c21. The van der Waals surface area contributed by atoms with E-state index in [1.165, 1.54) is 19.0 Å². The lowest BCUT2D eigenvalue weighted by Gasteiger charge is -2.35. The minimum atomic E-state index is -4.43. The zero-order valence-corrected chi connectivity index (χ0v) is 19.0. The number of hydrogen-bond donors (Lipinski definition) is 2. The van der Waals surface area contributed by atoms with E-state index in [2.05, 4.69) is 37.4 Å². The number of piperidine rings is 1. The summed E-state index contributed by atoms with van der Waals surface area (Å²) in [6.07, 6.45) is 3.42. The Labute approximate surface area is 192 Å². The molecule has 1 unspecified atom stereocenters. The zero-order chi connectivity index (χ0) is 23.0. The molecular formula is C23H32F3N7. The van der Waals surface area contributed by atoms with Crippen LogP contribution in [0.15, 0.2) is 12.5 Å². The highest BCUT2D eigenvalue weighted by atomic mass is 19.4. The van der Waals surface area contributed by atoms with Crippen molar-refractivity contribution in [2.75, 3.05) is 42.9 Å². The van der Waals surface area contributed by atoms with Crippen molar-refractivity contribution < 1.29 is 13.2 Å². The molecule has 10 heteroatoms. The van der Waals surface area contributed by atoms with Crippen molar-refractivity contribution in [1.29, 1.82) is 0 Å². The van der Waals surface area contributed by atoms with Crippen LogP contribution < -0.4 is 15.5 Å². The molecule has 5 rings (SSSR count). The first-order chi connectivity index (χ1) is 15.9. The molecule has 7 nitrogen and oxygen atoms in total. The Balaban J connectivity index is 1.29. The summed E-state index contributed by atoms with van der Waals surface area (Å²) >= 11 is 0. The summed E-state index contributed by atoms with van der Waals surface area (Å²) in [4.78, 5) is 15.3. The first-order valence-corrected chi connectivity index (χ1v) is 12.1. The molecule has 0 spiro atoms. The van der Waals surface area contributed by atoms with Crippen molar-refractivity contribution in [1.82, 2.24) is 24.8 Å². The Hall–Kier alpha value is -2.36. The molecule has 2 aromatic rings. The molecule has 4 heterocycles. The Morgan fingerprint density at radius 1 is 1.12 bits per heavy atom. The molecule has 0 aromatic carbocycles. The number of anilines is 2. The fourth-order valence-corrected chi connectivity index (χ4v) is 5.03. The monoisotopic (exact) mass is 463 g/mol. The summed E-state index contributed by atoms with van der Waals surface area (Å²) in [5.41, 5.74) is 0.372. The number of hydrogen-bond acceptors (Lipinski definition) is 6. The van der Waals surface area contributed by atoms with Crippen LogP contribution in [0.5, 0.6) is 0 Å². The lowest BCUT2D eigenvalue weighted by atomic mass is 9.92. The molecule has 2 aromatic heterocycles. The first kappa shape index (κ1) is 22.4. The number of rotatable bonds is 7. The zero-order valence-electron chi connectivity index (χ0n) is 19.0. The van der Waals surface area contributed by atoms with Crippen LogP contribution in [0.4, 0.5) is 24.8 Å². The molecule has 2 fully saturated rings. The van der Waals surface area contributed by atoms with E-state index in [1.807, 2.05) is 0 Å². The van der Waals surface area contributed by atoms with E-state index >= 15 is 0 Å². The van der Waals surface area contributed by atoms with Crippen molar-refractivity contribution in [3.05, 3.63) is 29.6 Å². The van der Waals surface area contributed by atoms with Gasteiger partial charge in [0.1, 0.15) is 23.8 Å². The van der Waals surface area contributed by atoms with Gasteiger partial charge in [0.15, 0.2) is 5.69 Å². The second-order valence-corrected chi connectivity index (χ2v) is 9.66. The molecule has 1 saturated heterocycles. The van der Waals surface area contributed by atoms with E-state index in [4.69, 9.17) is 0 Å². The number of nitrogens with zero attached hydrogens (tertiary/aromatic N) is 5. The lowest BCUT2D eigenvalue weighted by molar-refractivity contribution is -0.141. The molecule has 2 N–H and O–H groups in total. The van der Waals surface area contributed by atoms with Crippen LogP contribution in [0.3, 0.4) is 0 Å². The fourth-order valence-electron chi connectivity index (χ4n) is 5.03. The van der Waals surface area contributed by atoms with Crippen LogP contribution in [-0.4, -0.2) is 52.2 Å². The smallest absolute Gasteiger partial charge is 0.370 e. The normalized spacial score (nSPS) is 21.7. The van der Waals surface area contributed by atoms with Crippen LogP contribution in [0.1, 0.15) is 67.9 Å². The van der Waals surface area contributed by atoms with Gasteiger partial charge in [-0.15, -0.1) is 0 Å². The molecule has 33 heavy (non-hydrogen) atoms. The van der Waals surface area contributed by atoms with Gasteiger partial charge in [-0.25, -0.2) is 15.0 Å². The first-order valence-electron chi connectivity index (χ1n) is 12.1. The highest BCUT2D eigenvalue weighted by Gasteiger charge is 2.37. The predicted octanol–water partition coefficient (Wildman–Crippen LogP) is 3.99. The number of nitrogens with one attached hydrogen (secondary N) is 2. The maximum absolute atomic E-state index is 13.4. The number of alkyl halides is 3. The summed E-state index contributed by atoms with van der Waals surface area (Å²) in [5.74, 6) is 3.56.